The second kappa shape index (κ2) is 5.83. The molecule has 0 bridgehead atoms. The largest absolute Gasteiger partial charge is 0.329 e. The molecule has 20 heavy (non-hydrogen) atoms. The number of nitrogens with zero attached hydrogens (tertiary/aromatic N) is 2. The van der Waals surface area contributed by atoms with Crippen LogP contribution in [0.2, 0.25) is 0 Å². The van der Waals surface area contributed by atoms with Crippen LogP contribution in [0.15, 0.2) is 4.90 Å². The number of nitrogens with two attached hydrogens (primary N) is 1. The van der Waals surface area contributed by atoms with E-state index < -0.39 is 10.0 Å². The van der Waals surface area contributed by atoms with Crippen molar-refractivity contribution in [3.8, 4) is 0 Å². The summed E-state index contributed by atoms with van der Waals surface area (Å²) in [6.45, 7) is 6.41. The Morgan fingerprint density at radius 1 is 1.45 bits per heavy atom. The fourth-order valence-electron chi connectivity index (χ4n) is 2.75. The Morgan fingerprint density at radius 3 is 2.60 bits per heavy atom. The average molecular weight is 300 g/mol. The van der Waals surface area contributed by atoms with Crippen molar-refractivity contribution in [3.05, 3.63) is 11.4 Å². The van der Waals surface area contributed by atoms with E-state index in [0.717, 1.165) is 12.8 Å². The van der Waals surface area contributed by atoms with E-state index in [1.807, 2.05) is 6.92 Å². The molecule has 1 aromatic rings. The third-order valence-corrected chi connectivity index (χ3v) is 5.93. The summed E-state index contributed by atoms with van der Waals surface area (Å²) in [5, 5.41) is 4.27. The van der Waals surface area contributed by atoms with Crippen molar-refractivity contribution in [2.24, 2.45) is 11.7 Å². The lowest BCUT2D eigenvalue weighted by molar-refractivity contribution is 0.260. The Kier molecular flexibility index (Phi) is 4.51. The maximum Gasteiger partial charge on any atom is 0.244 e. The van der Waals surface area contributed by atoms with Gasteiger partial charge in [-0.25, -0.2) is 13.1 Å². The summed E-state index contributed by atoms with van der Waals surface area (Å²) in [7, 11) is -3.51. The first kappa shape index (κ1) is 15.5. The maximum absolute atomic E-state index is 12.6. The molecule has 1 aliphatic rings. The Morgan fingerprint density at radius 2 is 2.10 bits per heavy atom. The summed E-state index contributed by atoms with van der Waals surface area (Å²) in [5.41, 5.74) is 6.70. The predicted molar refractivity (Wildman–Crippen MR) is 77.9 cm³/mol. The molecule has 114 valence electrons. The van der Waals surface area contributed by atoms with Crippen LogP contribution in [0.1, 0.15) is 37.6 Å². The molecule has 0 aliphatic heterocycles. The van der Waals surface area contributed by atoms with Gasteiger partial charge in [-0.15, -0.1) is 0 Å². The van der Waals surface area contributed by atoms with Crippen LogP contribution in [-0.2, 0) is 16.6 Å². The Bertz CT molecular complexity index is 575. The summed E-state index contributed by atoms with van der Waals surface area (Å²) in [5.74, 6) is 0.462. The van der Waals surface area contributed by atoms with Crippen molar-refractivity contribution >= 4 is 10.0 Å². The van der Waals surface area contributed by atoms with Crippen LogP contribution >= 0.6 is 0 Å². The van der Waals surface area contributed by atoms with E-state index in [1.54, 1.807) is 18.5 Å². The van der Waals surface area contributed by atoms with Crippen molar-refractivity contribution in [1.29, 1.82) is 0 Å². The molecule has 1 aliphatic carbocycles. The Labute approximate surface area is 120 Å². The average Bonchev–Trinajstić information content (AvgIpc) is 2.51. The highest BCUT2D eigenvalue weighted by Gasteiger charge is 2.30. The van der Waals surface area contributed by atoms with Crippen LogP contribution < -0.4 is 10.5 Å². The first-order valence-corrected chi connectivity index (χ1v) is 8.61. The van der Waals surface area contributed by atoms with Crippen molar-refractivity contribution in [3.63, 3.8) is 0 Å². The fraction of sp³-hybridized carbons (Fsp3) is 0.769. The zero-order valence-corrected chi connectivity index (χ0v) is 13.2. The van der Waals surface area contributed by atoms with E-state index in [4.69, 9.17) is 5.73 Å². The van der Waals surface area contributed by atoms with Gasteiger partial charge < -0.3 is 5.73 Å². The van der Waals surface area contributed by atoms with Crippen LogP contribution in [0.25, 0.3) is 0 Å². The van der Waals surface area contributed by atoms with Crippen molar-refractivity contribution < 1.29 is 8.42 Å². The van der Waals surface area contributed by atoms with Gasteiger partial charge in [0.25, 0.3) is 0 Å². The summed E-state index contributed by atoms with van der Waals surface area (Å²) < 4.78 is 29.6. The maximum atomic E-state index is 12.6. The molecule has 1 saturated carbocycles. The molecule has 0 saturated heterocycles. The van der Waals surface area contributed by atoms with Crippen LogP contribution in [-0.4, -0.2) is 30.8 Å². The lowest BCUT2D eigenvalue weighted by Gasteiger charge is -2.31. The monoisotopic (exact) mass is 300 g/mol. The number of sulfonamides is 1. The van der Waals surface area contributed by atoms with Gasteiger partial charge in [-0.1, -0.05) is 6.42 Å². The molecule has 1 heterocycles. The Hall–Kier alpha value is -0.920. The summed E-state index contributed by atoms with van der Waals surface area (Å²) >= 11 is 0. The smallest absolute Gasteiger partial charge is 0.244 e. The molecule has 0 amide bonds. The first-order chi connectivity index (χ1) is 9.36. The van der Waals surface area contributed by atoms with E-state index in [1.165, 1.54) is 6.42 Å². The molecule has 6 nitrogen and oxygen atoms in total. The molecular weight excluding hydrogens is 276 g/mol. The Balaban J connectivity index is 2.24. The number of hydrogen-bond acceptors (Lipinski definition) is 4. The predicted octanol–water partition coefficient (Wildman–Crippen LogP) is 0.926. The number of aromatic nitrogens is 2. The lowest BCUT2D eigenvalue weighted by atomic mass is 9.81. The van der Waals surface area contributed by atoms with Crippen LogP contribution in [0.4, 0.5) is 0 Å². The normalized spacial score (nSPS) is 18.0. The van der Waals surface area contributed by atoms with Gasteiger partial charge >= 0.3 is 0 Å². The summed E-state index contributed by atoms with van der Waals surface area (Å²) in [6.07, 6.45) is 3.41. The minimum absolute atomic E-state index is 0.0228. The van der Waals surface area contributed by atoms with Gasteiger partial charge in [0, 0.05) is 12.6 Å². The van der Waals surface area contributed by atoms with Gasteiger partial charge in [0.2, 0.25) is 10.0 Å². The number of aryl methyl sites for hydroxylation is 1. The van der Waals surface area contributed by atoms with Gasteiger partial charge in [-0.3, -0.25) is 4.68 Å². The zero-order valence-electron chi connectivity index (χ0n) is 12.4. The first-order valence-electron chi connectivity index (χ1n) is 7.13. The molecule has 2 rings (SSSR count). The van der Waals surface area contributed by atoms with E-state index in [2.05, 4.69) is 9.82 Å². The van der Waals surface area contributed by atoms with Gasteiger partial charge in [0.1, 0.15) is 4.90 Å². The highest BCUT2D eigenvalue weighted by Crippen LogP contribution is 2.30. The molecule has 1 unspecified atom stereocenters. The number of nitrogens with one attached hydrogen (secondary N) is 1. The molecule has 0 aromatic carbocycles. The van der Waals surface area contributed by atoms with E-state index in [9.17, 15) is 8.42 Å². The highest BCUT2D eigenvalue weighted by atomic mass is 32.2. The molecule has 1 aromatic heterocycles. The minimum atomic E-state index is -3.51. The second-order valence-electron chi connectivity index (χ2n) is 5.61. The van der Waals surface area contributed by atoms with Crippen LogP contribution in [0, 0.1) is 19.8 Å². The second-order valence-corrected chi connectivity index (χ2v) is 7.26. The molecule has 3 N–H and O–H groups in total. The standard InChI is InChI=1S/C13H24N4O2S/c1-9(12-5-4-6-12)16-20(18,19)13-10(2)15-17(8-7-14)11(13)3/h9,12,16H,4-8,14H2,1-3H3. The van der Waals surface area contributed by atoms with Gasteiger partial charge in [-0.05, 0) is 39.5 Å². The van der Waals surface area contributed by atoms with Crippen molar-refractivity contribution in [1.82, 2.24) is 14.5 Å². The van der Waals surface area contributed by atoms with E-state index in [0.29, 0.717) is 35.3 Å². The van der Waals surface area contributed by atoms with E-state index >= 15 is 0 Å². The molecule has 1 atom stereocenters. The molecular formula is C13H24N4O2S. The quantitative estimate of drug-likeness (QED) is 0.817. The summed E-state index contributed by atoms with van der Waals surface area (Å²) in [4.78, 5) is 0.303. The third kappa shape index (κ3) is 2.89. The van der Waals surface area contributed by atoms with Crippen LogP contribution in [0.3, 0.4) is 0 Å². The summed E-state index contributed by atoms with van der Waals surface area (Å²) in [6, 6.07) is -0.0228. The highest BCUT2D eigenvalue weighted by molar-refractivity contribution is 7.89. The molecule has 0 spiro atoms. The topological polar surface area (TPSA) is 90.0 Å². The van der Waals surface area contributed by atoms with Gasteiger partial charge in [0.15, 0.2) is 0 Å². The number of rotatable bonds is 6. The van der Waals surface area contributed by atoms with Gasteiger partial charge in [0.05, 0.1) is 17.9 Å². The van der Waals surface area contributed by atoms with Crippen LogP contribution in [0.5, 0.6) is 0 Å². The lowest BCUT2D eigenvalue weighted by Crippen LogP contribution is -2.40. The molecule has 0 radical (unpaired) electrons. The third-order valence-electron chi connectivity index (χ3n) is 4.12. The van der Waals surface area contributed by atoms with Gasteiger partial charge in [-0.2, -0.15) is 5.10 Å². The molecule has 1 fully saturated rings. The SMILES string of the molecule is Cc1nn(CCN)c(C)c1S(=O)(=O)NC(C)C1CCC1. The van der Waals surface area contributed by atoms with Crippen molar-refractivity contribution in [2.75, 3.05) is 6.54 Å². The minimum Gasteiger partial charge on any atom is -0.329 e. The zero-order chi connectivity index (χ0) is 14.9. The van der Waals surface area contributed by atoms with Crippen molar-refractivity contribution in [2.45, 2.75) is 57.5 Å². The molecule has 7 heteroatoms. The van der Waals surface area contributed by atoms with E-state index in [-0.39, 0.29) is 6.04 Å². The fourth-order valence-corrected chi connectivity index (χ4v) is 4.47. The number of hydrogen-bond donors (Lipinski definition) is 2.